The van der Waals surface area contributed by atoms with Gasteiger partial charge in [0, 0.05) is 7.11 Å². The molecule has 0 heterocycles. The Morgan fingerprint density at radius 1 is 1.31 bits per heavy atom. The van der Waals surface area contributed by atoms with Crippen LogP contribution in [0.4, 0.5) is 0 Å². The molecule has 88 valence electrons. The van der Waals surface area contributed by atoms with Crippen LogP contribution >= 0.6 is 15.9 Å². The van der Waals surface area contributed by atoms with Gasteiger partial charge in [0.25, 0.3) is 0 Å². The van der Waals surface area contributed by atoms with Gasteiger partial charge in [-0.05, 0) is 34.1 Å². The SMILES string of the molecule is COCC(=O)COc1ccc(OC)cc1Br. The summed E-state index contributed by atoms with van der Waals surface area (Å²) in [5, 5.41) is 0. The Bertz CT molecular complexity index is 365. The Morgan fingerprint density at radius 3 is 2.62 bits per heavy atom. The zero-order valence-corrected chi connectivity index (χ0v) is 10.7. The predicted octanol–water partition coefficient (Wildman–Crippen LogP) is 2.05. The molecule has 0 saturated heterocycles. The summed E-state index contributed by atoms with van der Waals surface area (Å²) in [5.41, 5.74) is 0. The van der Waals surface area contributed by atoms with Crippen LogP contribution in [0.5, 0.6) is 11.5 Å². The maximum Gasteiger partial charge on any atom is 0.195 e. The van der Waals surface area contributed by atoms with Gasteiger partial charge in [-0.3, -0.25) is 4.79 Å². The largest absolute Gasteiger partial charge is 0.497 e. The molecular weight excluding hydrogens is 276 g/mol. The van der Waals surface area contributed by atoms with Crippen LogP contribution in [-0.2, 0) is 9.53 Å². The third-order valence-corrected chi connectivity index (χ3v) is 2.45. The van der Waals surface area contributed by atoms with Crippen LogP contribution in [0.1, 0.15) is 0 Å². The van der Waals surface area contributed by atoms with E-state index in [-0.39, 0.29) is 19.0 Å². The molecule has 0 N–H and O–H groups in total. The highest BCUT2D eigenvalue weighted by Gasteiger charge is 2.06. The van der Waals surface area contributed by atoms with Crippen LogP contribution in [0.15, 0.2) is 22.7 Å². The van der Waals surface area contributed by atoms with Gasteiger partial charge in [-0.25, -0.2) is 0 Å². The number of hydrogen-bond donors (Lipinski definition) is 0. The third kappa shape index (κ3) is 3.83. The Hall–Kier alpha value is -1.07. The number of Topliss-reactive ketones (excluding diaryl/α,β-unsaturated/α-hetero) is 1. The number of ether oxygens (including phenoxy) is 3. The first-order valence-electron chi connectivity index (χ1n) is 4.64. The van der Waals surface area contributed by atoms with E-state index < -0.39 is 0 Å². The van der Waals surface area contributed by atoms with Crippen molar-refractivity contribution in [2.24, 2.45) is 0 Å². The molecule has 0 aliphatic carbocycles. The molecule has 1 aromatic rings. The molecule has 0 saturated carbocycles. The second-order valence-corrected chi connectivity index (χ2v) is 3.91. The molecule has 0 spiro atoms. The zero-order chi connectivity index (χ0) is 12.0. The van der Waals surface area contributed by atoms with E-state index in [0.717, 1.165) is 10.2 Å². The van der Waals surface area contributed by atoms with Gasteiger partial charge in [0.2, 0.25) is 0 Å². The standard InChI is InChI=1S/C11H13BrO4/c1-14-6-8(13)7-16-11-4-3-9(15-2)5-10(11)12/h3-5H,6-7H2,1-2H3. The summed E-state index contributed by atoms with van der Waals surface area (Å²) in [5.74, 6) is 1.22. The summed E-state index contributed by atoms with van der Waals surface area (Å²) < 4.78 is 15.8. The number of carbonyl (C=O) groups is 1. The van der Waals surface area contributed by atoms with Crippen LogP contribution in [0.25, 0.3) is 0 Å². The lowest BCUT2D eigenvalue weighted by Gasteiger charge is -2.08. The summed E-state index contributed by atoms with van der Waals surface area (Å²) in [4.78, 5) is 11.2. The van der Waals surface area contributed by atoms with Crippen LogP contribution in [0.2, 0.25) is 0 Å². The fourth-order valence-electron chi connectivity index (χ4n) is 1.09. The lowest BCUT2D eigenvalue weighted by molar-refractivity contribution is -0.124. The topological polar surface area (TPSA) is 44.8 Å². The third-order valence-electron chi connectivity index (χ3n) is 1.83. The maximum absolute atomic E-state index is 11.2. The highest BCUT2D eigenvalue weighted by Crippen LogP contribution is 2.28. The van der Waals surface area contributed by atoms with Crippen molar-refractivity contribution in [2.45, 2.75) is 0 Å². The molecule has 0 atom stereocenters. The molecule has 0 radical (unpaired) electrons. The average molecular weight is 289 g/mol. The van der Waals surface area contributed by atoms with E-state index in [1.807, 2.05) is 0 Å². The first kappa shape index (κ1) is 13.0. The summed E-state index contributed by atoms with van der Waals surface area (Å²) in [6.45, 7) is 0.0620. The summed E-state index contributed by atoms with van der Waals surface area (Å²) >= 11 is 3.33. The van der Waals surface area contributed by atoms with Crippen molar-refractivity contribution in [1.82, 2.24) is 0 Å². The van der Waals surface area contributed by atoms with Crippen molar-refractivity contribution >= 4 is 21.7 Å². The van der Waals surface area contributed by atoms with Gasteiger partial charge in [-0.1, -0.05) is 0 Å². The quantitative estimate of drug-likeness (QED) is 0.804. The van der Waals surface area contributed by atoms with Gasteiger partial charge in [0.05, 0.1) is 11.6 Å². The first-order valence-corrected chi connectivity index (χ1v) is 5.43. The molecular formula is C11H13BrO4. The molecule has 4 nitrogen and oxygen atoms in total. The monoisotopic (exact) mass is 288 g/mol. The highest BCUT2D eigenvalue weighted by atomic mass is 79.9. The van der Waals surface area contributed by atoms with Gasteiger partial charge >= 0.3 is 0 Å². The minimum absolute atomic E-state index is 0.00122. The van der Waals surface area contributed by atoms with Crippen LogP contribution in [0, 0.1) is 0 Å². The normalized spacial score (nSPS) is 9.94. The molecule has 0 aliphatic heterocycles. The molecule has 5 heteroatoms. The van der Waals surface area contributed by atoms with E-state index in [1.165, 1.54) is 7.11 Å². The van der Waals surface area contributed by atoms with Crippen LogP contribution < -0.4 is 9.47 Å². The van der Waals surface area contributed by atoms with Crippen LogP contribution in [-0.4, -0.2) is 33.2 Å². The first-order chi connectivity index (χ1) is 7.67. The fourth-order valence-corrected chi connectivity index (χ4v) is 1.56. The number of methoxy groups -OCH3 is 2. The highest BCUT2D eigenvalue weighted by molar-refractivity contribution is 9.10. The van der Waals surface area contributed by atoms with E-state index in [2.05, 4.69) is 15.9 Å². The number of carbonyl (C=O) groups excluding carboxylic acids is 1. The van der Waals surface area contributed by atoms with Gasteiger partial charge in [0.15, 0.2) is 5.78 Å². The summed E-state index contributed by atoms with van der Waals surface area (Å²) in [6, 6.07) is 5.28. The molecule has 0 fully saturated rings. The number of halogens is 1. The molecule has 0 unspecified atom stereocenters. The van der Waals surface area contributed by atoms with Gasteiger partial charge in [-0.2, -0.15) is 0 Å². The van der Waals surface area contributed by atoms with E-state index >= 15 is 0 Å². The van der Waals surface area contributed by atoms with E-state index in [4.69, 9.17) is 14.2 Å². The number of benzene rings is 1. The maximum atomic E-state index is 11.2. The number of hydrogen-bond acceptors (Lipinski definition) is 4. The number of rotatable bonds is 6. The molecule has 0 aromatic heterocycles. The lowest BCUT2D eigenvalue weighted by Crippen LogP contribution is -2.16. The second-order valence-electron chi connectivity index (χ2n) is 3.06. The summed E-state index contributed by atoms with van der Waals surface area (Å²) in [6.07, 6.45) is 0. The smallest absolute Gasteiger partial charge is 0.195 e. The lowest BCUT2D eigenvalue weighted by atomic mass is 10.3. The van der Waals surface area contributed by atoms with Gasteiger partial charge in [0.1, 0.15) is 24.7 Å². The molecule has 1 rings (SSSR count). The minimum atomic E-state index is -0.106. The predicted molar refractivity (Wildman–Crippen MR) is 63.1 cm³/mol. The van der Waals surface area contributed by atoms with Crippen molar-refractivity contribution in [3.8, 4) is 11.5 Å². The minimum Gasteiger partial charge on any atom is -0.497 e. The second kappa shape index (κ2) is 6.50. The van der Waals surface area contributed by atoms with Gasteiger partial charge < -0.3 is 14.2 Å². The van der Waals surface area contributed by atoms with Crippen molar-refractivity contribution in [2.75, 3.05) is 27.4 Å². The average Bonchev–Trinajstić information content (AvgIpc) is 2.27. The van der Waals surface area contributed by atoms with E-state index in [1.54, 1.807) is 25.3 Å². The molecule has 0 bridgehead atoms. The number of ketones is 1. The summed E-state index contributed by atoms with van der Waals surface area (Å²) in [7, 11) is 3.06. The Balaban J connectivity index is 2.57. The van der Waals surface area contributed by atoms with Crippen LogP contribution in [0.3, 0.4) is 0 Å². The fraction of sp³-hybridized carbons (Fsp3) is 0.364. The van der Waals surface area contributed by atoms with Crippen molar-refractivity contribution in [3.63, 3.8) is 0 Å². The Morgan fingerprint density at radius 2 is 2.06 bits per heavy atom. The zero-order valence-electron chi connectivity index (χ0n) is 9.16. The van der Waals surface area contributed by atoms with Crippen molar-refractivity contribution in [3.05, 3.63) is 22.7 Å². The van der Waals surface area contributed by atoms with Crippen molar-refractivity contribution < 1.29 is 19.0 Å². The molecule has 0 amide bonds. The Labute approximate surface area is 103 Å². The Kier molecular flexibility index (Phi) is 5.28. The molecule has 16 heavy (non-hydrogen) atoms. The molecule has 0 aliphatic rings. The molecule has 1 aromatic carbocycles. The van der Waals surface area contributed by atoms with E-state index in [9.17, 15) is 4.79 Å². The van der Waals surface area contributed by atoms with E-state index in [0.29, 0.717) is 5.75 Å². The van der Waals surface area contributed by atoms with Gasteiger partial charge in [-0.15, -0.1) is 0 Å². The van der Waals surface area contributed by atoms with Crippen molar-refractivity contribution in [1.29, 1.82) is 0 Å².